The van der Waals surface area contributed by atoms with E-state index in [4.69, 9.17) is 9.47 Å². The first-order valence-electron chi connectivity index (χ1n) is 15.2. The Balaban J connectivity index is 0.000000298. The second-order valence-electron chi connectivity index (χ2n) is 10.5. The van der Waals surface area contributed by atoms with Gasteiger partial charge in [-0.15, -0.1) is 3.89 Å². The van der Waals surface area contributed by atoms with Gasteiger partial charge in [0.15, 0.2) is 18.0 Å². The van der Waals surface area contributed by atoms with Crippen molar-refractivity contribution in [3.63, 3.8) is 0 Å². The number of amides is 1. The predicted molar refractivity (Wildman–Crippen MR) is 186 cm³/mol. The first kappa shape index (κ1) is 37.5. The summed E-state index contributed by atoms with van der Waals surface area (Å²) in [6.45, 7) is 17.4. The first-order chi connectivity index (χ1) is 21.7. The van der Waals surface area contributed by atoms with E-state index in [2.05, 4.69) is 40.6 Å². The molecule has 4 rings (SSSR count). The average Bonchev–Trinajstić information content (AvgIpc) is 3.43. The van der Waals surface area contributed by atoms with Crippen molar-refractivity contribution in [2.75, 3.05) is 67.6 Å². The van der Waals surface area contributed by atoms with Crippen LogP contribution in [0.4, 0.5) is 3.89 Å². The van der Waals surface area contributed by atoms with Crippen LogP contribution >= 0.6 is 12.3 Å². The molecule has 0 N–H and O–H groups in total. The third kappa shape index (κ3) is 11.0. The summed E-state index contributed by atoms with van der Waals surface area (Å²) in [5.74, 6) is 1.44. The minimum atomic E-state index is 0.00798. The fourth-order valence-corrected chi connectivity index (χ4v) is 4.87. The first-order valence-corrected chi connectivity index (χ1v) is 15.9. The van der Waals surface area contributed by atoms with Gasteiger partial charge in [-0.25, -0.2) is 4.98 Å². The highest BCUT2D eigenvalue weighted by atomic mass is 32.2. The van der Waals surface area contributed by atoms with Crippen LogP contribution in [0.25, 0.3) is 22.3 Å². The molecule has 1 aliphatic rings. The fraction of sp³-hybridized carbons (Fsp3) is 0.441. The van der Waals surface area contributed by atoms with Gasteiger partial charge >= 0.3 is 0 Å². The van der Waals surface area contributed by atoms with Crippen molar-refractivity contribution in [2.24, 2.45) is 0 Å². The van der Waals surface area contributed by atoms with Gasteiger partial charge < -0.3 is 19.3 Å². The number of piperazine rings is 1. The molecule has 1 fully saturated rings. The Bertz CT molecular complexity index is 1410. The zero-order valence-corrected chi connectivity index (χ0v) is 28.9. The van der Waals surface area contributed by atoms with Crippen LogP contribution in [0.5, 0.6) is 11.5 Å². The predicted octanol–water partition coefficient (Wildman–Crippen LogP) is 6.60. The maximum atomic E-state index is 13.2. The minimum Gasteiger partial charge on any atom is -0.496 e. The molecule has 0 aliphatic carbocycles. The van der Waals surface area contributed by atoms with Crippen LogP contribution in [-0.2, 0) is 4.79 Å². The maximum absolute atomic E-state index is 13.2. The number of benzene rings is 1. The van der Waals surface area contributed by atoms with E-state index in [0.717, 1.165) is 59.9 Å². The molecule has 0 bridgehead atoms. The number of carbonyl (C=O) groups excluding carboxylic acids is 1. The Hall–Kier alpha value is -3.67. The molecule has 45 heavy (non-hydrogen) atoms. The van der Waals surface area contributed by atoms with Crippen molar-refractivity contribution in [3.05, 3.63) is 72.5 Å². The van der Waals surface area contributed by atoms with Crippen molar-refractivity contribution >= 4 is 29.3 Å². The smallest absolute Gasteiger partial charge is 0.226 e. The zero-order valence-electron chi connectivity index (χ0n) is 28.0. The summed E-state index contributed by atoms with van der Waals surface area (Å²) in [7, 11) is 7.33. The summed E-state index contributed by atoms with van der Waals surface area (Å²) in [4.78, 5) is 23.0. The number of nitrogens with zero attached hydrogens (tertiary/aromatic N) is 6. The van der Waals surface area contributed by atoms with E-state index < -0.39 is 0 Å². The Kier molecular flexibility index (Phi) is 16.4. The van der Waals surface area contributed by atoms with Crippen LogP contribution in [0.15, 0.2) is 66.9 Å². The molecule has 0 radical (unpaired) electrons. The van der Waals surface area contributed by atoms with Crippen LogP contribution in [0.3, 0.4) is 0 Å². The average molecular weight is 641 g/mol. The van der Waals surface area contributed by atoms with Gasteiger partial charge in [-0.1, -0.05) is 56.4 Å². The largest absolute Gasteiger partial charge is 0.496 e. The van der Waals surface area contributed by atoms with Crippen LogP contribution in [0.1, 0.15) is 32.8 Å². The molecule has 0 spiro atoms. The summed E-state index contributed by atoms with van der Waals surface area (Å²) >= 11 is 0.00798. The third-order valence-electron chi connectivity index (χ3n) is 7.06. The summed E-state index contributed by atoms with van der Waals surface area (Å²) in [6.07, 6.45) is 9.80. The summed E-state index contributed by atoms with van der Waals surface area (Å²) in [5.41, 5.74) is 3.78. The van der Waals surface area contributed by atoms with Gasteiger partial charge in [-0.2, -0.15) is 9.19 Å². The van der Waals surface area contributed by atoms with Crippen LogP contribution < -0.4 is 9.47 Å². The standard InChI is InChI=1S/C17H29N3O.C15H14FN3O2S.C2H6/c1-5-16(2)8-6-7-9-17(21)20-14-12-19(13-15-20)11-10-18(3)4;1-9-7-10-14(18-19(22-16)15(10)17-8-9)13-11(20-2)5-4-6-12(13)21-3;1-2/h5-8H,1,9-15H2,2-4H3;4-8H,1-3H3;1-2H3/b7-6-,16-8-;;. The van der Waals surface area contributed by atoms with Crippen LogP contribution in [-0.4, -0.2) is 102 Å². The van der Waals surface area contributed by atoms with Crippen molar-refractivity contribution in [1.82, 2.24) is 28.9 Å². The molecular formula is C34H49FN6O3S. The van der Waals surface area contributed by atoms with Gasteiger partial charge in [-0.05, 0) is 51.7 Å². The van der Waals surface area contributed by atoms with Crippen LogP contribution in [0.2, 0.25) is 0 Å². The maximum Gasteiger partial charge on any atom is 0.226 e. The molecule has 1 amide bonds. The summed E-state index contributed by atoms with van der Waals surface area (Å²) in [6, 6.07) is 7.38. The molecule has 0 unspecified atom stereocenters. The monoisotopic (exact) mass is 640 g/mol. The second-order valence-corrected chi connectivity index (χ2v) is 11.0. The lowest BCUT2D eigenvalue weighted by Crippen LogP contribution is -2.49. The summed E-state index contributed by atoms with van der Waals surface area (Å²) in [5, 5.41) is 5.06. The number of aryl methyl sites for hydroxylation is 1. The Morgan fingerprint density at radius 1 is 1.13 bits per heavy atom. The lowest BCUT2D eigenvalue weighted by Gasteiger charge is -2.35. The Morgan fingerprint density at radius 3 is 2.33 bits per heavy atom. The van der Waals surface area contributed by atoms with E-state index in [0.29, 0.717) is 34.8 Å². The molecule has 246 valence electrons. The van der Waals surface area contributed by atoms with Crippen molar-refractivity contribution in [2.45, 2.75) is 34.1 Å². The fourth-order valence-electron chi connectivity index (χ4n) is 4.55. The second kappa shape index (κ2) is 19.7. The molecule has 2 aromatic heterocycles. The number of ether oxygens (including phenoxy) is 2. The number of pyridine rings is 1. The molecule has 0 saturated carbocycles. The number of carbonyl (C=O) groups is 1. The number of fused-ring (bicyclic) bond motifs is 1. The van der Waals surface area contributed by atoms with E-state index >= 15 is 0 Å². The van der Waals surface area contributed by atoms with Gasteiger partial charge in [0, 0.05) is 57.3 Å². The molecule has 1 aliphatic heterocycles. The topological polar surface area (TPSA) is 76.0 Å². The molecule has 3 heterocycles. The third-order valence-corrected chi connectivity index (χ3v) is 7.44. The number of halogens is 1. The normalized spacial score (nSPS) is 13.7. The number of likely N-dealkylation sites (N-methyl/N-ethyl adjacent to an activating group) is 1. The number of rotatable bonds is 11. The minimum absolute atomic E-state index is 0.00798. The number of allylic oxidation sites excluding steroid dienone is 4. The van der Waals surface area contributed by atoms with Gasteiger partial charge in [0.2, 0.25) is 5.91 Å². The van der Waals surface area contributed by atoms with Crippen molar-refractivity contribution in [1.29, 1.82) is 0 Å². The molecular weight excluding hydrogens is 591 g/mol. The zero-order chi connectivity index (χ0) is 33.4. The van der Waals surface area contributed by atoms with Crippen LogP contribution in [0, 0.1) is 6.92 Å². The van der Waals surface area contributed by atoms with Crippen molar-refractivity contribution in [3.8, 4) is 22.8 Å². The number of aromatic nitrogens is 3. The Labute approximate surface area is 272 Å². The lowest BCUT2D eigenvalue weighted by atomic mass is 10.1. The van der Waals surface area contributed by atoms with Gasteiger partial charge in [0.25, 0.3) is 0 Å². The van der Waals surface area contributed by atoms with E-state index in [1.807, 2.05) is 75.1 Å². The Morgan fingerprint density at radius 2 is 1.78 bits per heavy atom. The van der Waals surface area contributed by atoms with Gasteiger partial charge in [-0.3, -0.25) is 9.69 Å². The quantitative estimate of drug-likeness (QED) is 0.217. The van der Waals surface area contributed by atoms with E-state index in [1.54, 1.807) is 26.5 Å². The highest BCUT2D eigenvalue weighted by Crippen LogP contribution is 2.41. The molecule has 3 aromatic rings. The SMILES string of the molecule is C=C/C(C)=C\C=C/CC(=O)N1CCN(CCN(C)C)CC1.CC.COc1cccc(OC)c1-c1nn(SF)c2ncc(C)cc12. The number of hydrogen-bond donors (Lipinski definition) is 0. The molecule has 1 saturated heterocycles. The molecule has 11 heteroatoms. The molecule has 0 atom stereocenters. The summed E-state index contributed by atoms with van der Waals surface area (Å²) < 4.78 is 25.1. The number of hydrogen-bond acceptors (Lipinski definition) is 8. The molecule has 9 nitrogen and oxygen atoms in total. The molecule has 1 aromatic carbocycles. The van der Waals surface area contributed by atoms with E-state index in [-0.39, 0.29) is 18.2 Å². The highest BCUT2D eigenvalue weighted by molar-refractivity contribution is 7.92. The van der Waals surface area contributed by atoms with Crippen molar-refractivity contribution < 1.29 is 18.2 Å². The van der Waals surface area contributed by atoms with E-state index in [1.165, 1.54) is 0 Å². The van der Waals surface area contributed by atoms with Gasteiger partial charge in [0.1, 0.15) is 17.2 Å². The number of methoxy groups -OCH3 is 2. The lowest BCUT2D eigenvalue weighted by molar-refractivity contribution is -0.132. The highest BCUT2D eigenvalue weighted by Gasteiger charge is 2.22. The van der Waals surface area contributed by atoms with E-state index in [9.17, 15) is 8.68 Å². The van der Waals surface area contributed by atoms with Gasteiger partial charge in [0.05, 0.1) is 19.8 Å².